The van der Waals surface area contributed by atoms with E-state index in [0.717, 1.165) is 6.08 Å². The molecule has 0 aliphatic rings. The third-order valence-electron chi connectivity index (χ3n) is 1.94. The number of carbonyl (C=O) groups is 3. The van der Waals surface area contributed by atoms with E-state index >= 15 is 0 Å². The molecule has 100 valence electrons. The number of carboxylic acid groups (broad SMARTS) is 1. The number of hydrogen-bond acceptors (Lipinski definition) is 5. The molecule has 18 heavy (non-hydrogen) atoms. The topological polar surface area (TPSA) is 89.9 Å². The maximum absolute atomic E-state index is 11.5. The van der Waals surface area contributed by atoms with Gasteiger partial charge >= 0.3 is 17.9 Å². The van der Waals surface area contributed by atoms with E-state index in [0.29, 0.717) is 0 Å². The van der Waals surface area contributed by atoms with Gasteiger partial charge in [-0.25, -0.2) is 4.79 Å². The van der Waals surface area contributed by atoms with Crippen molar-refractivity contribution in [1.29, 1.82) is 0 Å². The molecule has 0 saturated carbocycles. The molecule has 1 atom stereocenters. The zero-order valence-corrected chi connectivity index (χ0v) is 9.96. The number of rotatable bonds is 9. The summed E-state index contributed by atoms with van der Waals surface area (Å²) in [5.41, 5.74) is 0. The summed E-state index contributed by atoms with van der Waals surface area (Å²) in [5, 5.41) is 8.61. The Morgan fingerprint density at radius 3 is 2.28 bits per heavy atom. The second-order valence-corrected chi connectivity index (χ2v) is 3.36. The summed E-state index contributed by atoms with van der Waals surface area (Å²) >= 11 is 0. The summed E-state index contributed by atoms with van der Waals surface area (Å²) in [5.74, 6) is -3.11. The Balaban J connectivity index is 4.02. The second kappa shape index (κ2) is 8.98. The molecule has 0 aromatic heterocycles. The van der Waals surface area contributed by atoms with Crippen LogP contribution >= 0.6 is 0 Å². The van der Waals surface area contributed by atoms with E-state index in [4.69, 9.17) is 9.84 Å². The van der Waals surface area contributed by atoms with Gasteiger partial charge in [-0.05, 0) is 6.42 Å². The van der Waals surface area contributed by atoms with Gasteiger partial charge in [0.1, 0.15) is 13.2 Å². The lowest BCUT2D eigenvalue weighted by atomic mass is 10.0. The largest absolute Gasteiger partial charge is 0.481 e. The van der Waals surface area contributed by atoms with Crippen molar-refractivity contribution in [2.24, 2.45) is 5.92 Å². The van der Waals surface area contributed by atoms with Crippen LogP contribution in [0.25, 0.3) is 0 Å². The molecular weight excluding hydrogens is 240 g/mol. The normalized spacial score (nSPS) is 11.1. The van der Waals surface area contributed by atoms with Gasteiger partial charge in [0, 0.05) is 6.08 Å². The second-order valence-electron chi connectivity index (χ2n) is 3.36. The molecule has 0 aliphatic carbocycles. The van der Waals surface area contributed by atoms with Crippen LogP contribution in [-0.4, -0.2) is 36.2 Å². The summed E-state index contributed by atoms with van der Waals surface area (Å²) in [6.45, 7) is 6.43. The summed E-state index contributed by atoms with van der Waals surface area (Å²) < 4.78 is 9.38. The van der Waals surface area contributed by atoms with Crippen molar-refractivity contribution >= 4 is 17.9 Å². The third kappa shape index (κ3) is 7.21. The number of ether oxygens (including phenoxy) is 2. The SMILES string of the molecule is C=CCC(CC(=O)O)C(=O)OCCOC(=O)C=C. The van der Waals surface area contributed by atoms with Crippen LogP contribution in [0.1, 0.15) is 12.8 Å². The third-order valence-corrected chi connectivity index (χ3v) is 1.94. The van der Waals surface area contributed by atoms with Crippen LogP contribution in [0.2, 0.25) is 0 Å². The molecule has 1 N–H and O–H groups in total. The number of allylic oxidation sites excluding steroid dienone is 1. The van der Waals surface area contributed by atoms with Crippen LogP contribution in [0.5, 0.6) is 0 Å². The molecular formula is C12H16O6. The fourth-order valence-corrected chi connectivity index (χ4v) is 1.14. The minimum Gasteiger partial charge on any atom is -0.481 e. The van der Waals surface area contributed by atoms with Gasteiger partial charge in [-0.15, -0.1) is 6.58 Å². The van der Waals surface area contributed by atoms with Crippen molar-refractivity contribution in [2.75, 3.05) is 13.2 Å². The van der Waals surface area contributed by atoms with Gasteiger partial charge in [-0.3, -0.25) is 9.59 Å². The molecule has 1 unspecified atom stereocenters. The van der Waals surface area contributed by atoms with E-state index in [2.05, 4.69) is 17.9 Å². The molecule has 6 heteroatoms. The van der Waals surface area contributed by atoms with Crippen molar-refractivity contribution in [2.45, 2.75) is 12.8 Å². The Bertz CT molecular complexity index is 333. The first-order valence-electron chi connectivity index (χ1n) is 5.29. The van der Waals surface area contributed by atoms with Crippen LogP contribution in [0, 0.1) is 5.92 Å². The van der Waals surface area contributed by atoms with Crippen LogP contribution in [0.4, 0.5) is 0 Å². The average Bonchev–Trinajstić information content (AvgIpc) is 2.32. The lowest BCUT2D eigenvalue weighted by Crippen LogP contribution is -2.22. The Kier molecular flexibility index (Phi) is 7.92. The number of hydrogen-bond donors (Lipinski definition) is 1. The van der Waals surface area contributed by atoms with Gasteiger partial charge in [0.15, 0.2) is 0 Å². The molecule has 0 amide bonds. The molecule has 0 saturated heterocycles. The van der Waals surface area contributed by atoms with E-state index in [1.54, 1.807) is 0 Å². The lowest BCUT2D eigenvalue weighted by Gasteiger charge is -2.12. The van der Waals surface area contributed by atoms with Crippen molar-refractivity contribution in [3.63, 3.8) is 0 Å². The van der Waals surface area contributed by atoms with Crippen molar-refractivity contribution in [3.05, 3.63) is 25.3 Å². The highest BCUT2D eigenvalue weighted by Crippen LogP contribution is 2.11. The van der Waals surface area contributed by atoms with Crippen LogP contribution in [-0.2, 0) is 23.9 Å². The maximum Gasteiger partial charge on any atom is 0.330 e. The minimum atomic E-state index is -1.09. The monoisotopic (exact) mass is 256 g/mol. The number of aliphatic carboxylic acids is 1. The first-order chi connectivity index (χ1) is 8.51. The summed E-state index contributed by atoms with van der Waals surface area (Å²) in [6.07, 6.45) is 2.34. The fraction of sp³-hybridized carbons (Fsp3) is 0.417. The molecule has 0 heterocycles. The predicted octanol–water partition coefficient (Wildman–Crippen LogP) is 0.926. The molecule has 0 bridgehead atoms. The van der Waals surface area contributed by atoms with Crippen molar-refractivity contribution in [3.8, 4) is 0 Å². The summed E-state index contributed by atoms with van der Waals surface area (Å²) in [6, 6.07) is 0. The van der Waals surface area contributed by atoms with Crippen molar-refractivity contribution < 1.29 is 29.0 Å². The van der Waals surface area contributed by atoms with Gasteiger partial charge in [-0.2, -0.15) is 0 Å². The Labute approximate surface area is 105 Å². The summed E-state index contributed by atoms with van der Waals surface area (Å²) in [4.78, 5) is 32.7. The Hall–Kier alpha value is -2.11. The molecule has 0 aromatic rings. The van der Waals surface area contributed by atoms with E-state index < -0.39 is 23.8 Å². The molecule has 0 rings (SSSR count). The Morgan fingerprint density at radius 1 is 1.17 bits per heavy atom. The summed E-state index contributed by atoms with van der Waals surface area (Å²) in [7, 11) is 0. The molecule has 6 nitrogen and oxygen atoms in total. The maximum atomic E-state index is 11.5. The first kappa shape index (κ1) is 15.9. The molecule has 0 radical (unpaired) electrons. The predicted molar refractivity (Wildman–Crippen MR) is 62.7 cm³/mol. The quantitative estimate of drug-likeness (QED) is 0.285. The highest BCUT2D eigenvalue weighted by atomic mass is 16.6. The molecule has 0 aliphatic heterocycles. The van der Waals surface area contributed by atoms with E-state index in [1.165, 1.54) is 6.08 Å². The van der Waals surface area contributed by atoms with E-state index in [-0.39, 0.29) is 26.1 Å². The molecule has 0 fully saturated rings. The highest BCUT2D eigenvalue weighted by molar-refractivity contribution is 5.81. The highest BCUT2D eigenvalue weighted by Gasteiger charge is 2.21. The number of carboxylic acids is 1. The van der Waals surface area contributed by atoms with E-state index in [1.807, 2.05) is 0 Å². The smallest absolute Gasteiger partial charge is 0.330 e. The van der Waals surface area contributed by atoms with Gasteiger partial charge in [0.25, 0.3) is 0 Å². The number of esters is 2. The van der Waals surface area contributed by atoms with Gasteiger partial charge in [-0.1, -0.05) is 12.7 Å². The van der Waals surface area contributed by atoms with Crippen LogP contribution in [0.3, 0.4) is 0 Å². The first-order valence-corrected chi connectivity index (χ1v) is 5.29. The average molecular weight is 256 g/mol. The van der Waals surface area contributed by atoms with Crippen LogP contribution < -0.4 is 0 Å². The van der Waals surface area contributed by atoms with Crippen molar-refractivity contribution in [1.82, 2.24) is 0 Å². The zero-order chi connectivity index (χ0) is 14.0. The Morgan fingerprint density at radius 2 is 1.78 bits per heavy atom. The minimum absolute atomic E-state index is 0.0928. The van der Waals surface area contributed by atoms with Gasteiger partial charge in [0.2, 0.25) is 0 Å². The lowest BCUT2D eigenvalue weighted by molar-refractivity contribution is -0.156. The van der Waals surface area contributed by atoms with Gasteiger partial charge < -0.3 is 14.6 Å². The van der Waals surface area contributed by atoms with Gasteiger partial charge in [0.05, 0.1) is 12.3 Å². The standard InChI is InChI=1S/C12H16O6/c1-3-5-9(8-10(13)14)12(16)18-7-6-17-11(15)4-2/h3-4,9H,1-2,5-8H2,(H,13,14). The molecule has 0 aromatic carbocycles. The fourth-order valence-electron chi connectivity index (χ4n) is 1.14. The van der Waals surface area contributed by atoms with E-state index in [9.17, 15) is 14.4 Å². The van der Waals surface area contributed by atoms with Crippen LogP contribution in [0.15, 0.2) is 25.3 Å². The number of carbonyl (C=O) groups excluding carboxylic acids is 2. The molecule has 0 spiro atoms. The zero-order valence-electron chi connectivity index (χ0n) is 9.96.